The van der Waals surface area contributed by atoms with Gasteiger partial charge in [0.2, 0.25) is 11.8 Å². The molecule has 5 nitrogen and oxygen atoms in total. The van der Waals surface area contributed by atoms with E-state index in [9.17, 15) is 9.59 Å². The smallest absolute Gasteiger partial charge is 0.243 e. The van der Waals surface area contributed by atoms with E-state index in [-0.39, 0.29) is 18.4 Å². The molecule has 1 aromatic rings. The third-order valence-corrected chi connectivity index (χ3v) is 4.15. The van der Waals surface area contributed by atoms with Crippen molar-refractivity contribution in [2.75, 3.05) is 32.0 Å². The number of hydrogen-bond acceptors (Lipinski definition) is 3. The normalized spacial score (nSPS) is 13.7. The first-order chi connectivity index (χ1) is 10.9. The second-order valence-electron chi connectivity index (χ2n) is 6.65. The van der Waals surface area contributed by atoms with Crippen LogP contribution in [0.3, 0.4) is 0 Å². The van der Waals surface area contributed by atoms with E-state index in [2.05, 4.69) is 10.6 Å². The molecule has 0 atom stereocenters. The monoisotopic (exact) mass is 317 g/mol. The predicted octanol–water partition coefficient (Wildman–Crippen LogP) is 2.01. The van der Waals surface area contributed by atoms with Crippen LogP contribution in [-0.4, -0.2) is 43.4 Å². The number of carbonyl (C=O) groups is 2. The molecule has 0 bridgehead atoms. The Morgan fingerprint density at radius 1 is 1.17 bits per heavy atom. The van der Waals surface area contributed by atoms with Crippen LogP contribution >= 0.6 is 0 Å². The lowest BCUT2D eigenvalue weighted by molar-refractivity contribution is -0.132. The molecule has 0 aromatic heterocycles. The van der Waals surface area contributed by atoms with E-state index >= 15 is 0 Å². The van der Waals surface area contributed by atoms with E-state index in [1.807, 2.05) is 32.9 Å². The summed E-state index contributed by atoms with van der Waals surface area (Å²) in [6.07, 6.45) is 2.52. The van der Waals surface area contributed by atoms with Crippen LogP contribution in [0.1, 0.15) is 29.5 Å². The molecule has 1 saturated carbocycles. The zero-order valence-electron chi connectivity index (χ0n) is 14.5. The lowest BCUT2D eigenvalue weighted by Gasteiger charge is -2.18. The van der Waals surface area contributed by atoms with Gasteiger partial charge in [-0.3, -0.25) is 9.59 Å². The van der Waals surface area contributed by atoms with Crippen LogP contribution in [0, 0.1) is 26.7 Å². The largest absolute Gasteiger partial charge is 0.335 e. The zero-order chi connectivity index (χ0) is 17.0. The van der Waals surface area contributed by atoms with Crippen LogP contribution in [0.15, 0.2) is 12.1 Å². The van der Waals surface area contributed by atoms with Crippen molar-refractivity contribution >= 4 is 17.5 Å². The van der Waals surface area contributed by atoms with Gasteiger partial charge >= 0.3 is 0 Å². The highest BCUT2D eigenvalue weighted by Crippen LogP contribution is 2.27. The summed E-state index contributed by atoms with van der Waals surface area (Å²) in [7, 11) is 1.66. The number of nitrogens with one attached hydrogen (secondary N) is 2. The minimum atomic E-state index is -0.168. The Kier molecular flexibility index (Phi) is 5.77. The standard InChI is InChI=1S/C18H27N3O2/c1-12-7-13(2)18(14(3)8-12)20-16(22)11-21(4)17(23)10-19-9-15-5-6-15/h7-8,15,19H,5-6,9-11H2,1-4H3,(H,20,22). The molecule has 1 aromatic carbocycles. The van der Waals surface area contributed by atoms with Crippen molar-refractivity contribution in [2.45, 2.75) is 33.6 Å². The summed E-state index contributed by atoms with van der Waals surface area (Å²) in [5.41, 5.74) is 4.09. The molecule has 1 aliphatic rings. The molecule has 0 spiro atoms. The molecular weight excluding hydrogens is 290 g/mol. The van der Waals surface area contributed by atoms with E-state index in [1.165, 1.54) is 23.3 Å². The van der Waals surface area contributed by atoms with Gasteiger partial charge in [-0.2, -0.15) is 0 Å². The molecule has 0 aliphatic heterocycles. The zero-order valence-corrected chi connectivity index (χ0v) is 14.5. The maximum atomic E-state index is 12.2. The lowest BCUT2D eigenvalue weighted by Crippen LogP contribution is -2.40. The minimum Gasteiger partial charge on any atom is -0.335 e. The molecule has 2 N–H and O–H groups in total. The highest BCUT2D eigenvalue weighted by Gasteiger charge is 2.21. The van der Waals surface area contributed by atoms with Crippen LogP contribution in [0.25, 0.3) is 0 Å². The van der Waals surface area contributed by atoms with Gasteiger partial charge in [0.15, 0.2) is 0 Å². The number of anilines is 1. The van der Waals surface area contributed by atoms with Crippen LogP contribution in [-0.2, 0) is 9.59 Å². The van der Waals surface area contributed by atoms with Crippen molar-refractivity contribution in [1.29, 1.82) is 0 Å². The van der Waals surface area contributed by atoms with Crippen molar-refractivity contribution in [3.63, 3.8) is 0 Å². The van der Waals surface area contributed by atoms with Crippen molar-refractivity contribution in [1.82, 2.24) is 10.2 Å². The van der Waals surface area contributed by atoms with Gasteiger partial charge in [-0.25, -0.2) is 0 Å². The van der Waals surface area contributed by atoms with E-state index in [0.717, 1.165) is 29.3 Å². The van der Waals surface area contributed by atoms with Gasteiger partial charge in [-0.1, -0.05) is 17.7 Å². The molecule has 2 rings (SSSR count). The molecule has 0 saturated heterocycles. The van der Waals surface area contributed by atoms with Gasteiger partial charge in [0.25, 0.3) is 0 Å². The fourth-order valence-electron chi connectivity index (χ4n) is 2.70. The van der Waals surface area contributed by atoms with E-state index in [0.29, 0.717) is 6.54 Å². The molecule has 1 aliphatic carbocycles. The summed E-state index contributed by atoms with van der Waals surface area (Å²) in [6.45, 7) is 7.25. The second kappa shape index (κ2) is 7.59. The Balaban J connectivity index is 1.82. The number of hydrogen-bond donors (Lipinski definition) is 2. The van der Waals surface area contributed by atoms with Crippen LogP contribution in [0.5, 0.6) is 0 Å². The fourth-order valence-corrected chi connectivity index (χ4v) is 2.70. The molecule has 5 heteroatoms. The van der Waals surface area contributed by atoms with Gasteiger partial charge in [-0.15, -0.1) is 0 Å². The number of aryl methyl sites for hydroxylation is 3. The summed E-state index contributed by atoms with van der Waals surface area (Å²) in [6, 6.07) is 4.08. The van der Waals surface area contributed by atoms with Gasteiger partial charge < -0.3 is 15.5 Å². The highest BCUT2D eigenvalue weighted by molar-refractivity contribution is 5.95. The fraction of sp³-hybridized carbons (Fsp3) is 0.556. The van der Waals surface area contributed by atoms with Gasteiger partial charge in [0.1, 0.15) is 0 Å². The average molecular weight is 317 g/mol. The number of nitrogens with zero attached hydrogens (tertiary/aromatic N) is 1. The summed E-state index contributed by atoms with van der Waals surface area (Å²) in [5, 5.41) is 6.08. The maximum Gasteiger partial charge on any atom is 0.243 e. The summed E-state index contributed by atoms with van der Waals surface area (Å²) >= 11 is 0. The van der Waals surface area contributed by atoms with Crippen LogP contribution < -0.4 is 10.6 Å². The number of carbonyl (C=O) groups excluding carboxylic acids is 2. The Morgan fingerprint density at radius 3 is 2.35 bits per heavy atom. The SMILES string of the molecule is Cc1cc(C)c(NC(=O)CN(C)C(=O)CNCC2CC2)c(C)c1. The third kappa shape index (κ3) is 5.36. The summed E-state index contributed by atoms with van der Waals surface area (Å²) < 4.78 is 0. The quantitative estimate of drug-likeness (QED) is 0.809. The van der Waals surface area contributed by atoms with Crippen molar-refractivity contribution < 1.29 is 9.59 Å². The first-order valence-corrected chi connectivity index (χ1v) is 8.19. The molecule has 1 fully saturated rings. The number of likely N-dealkylation sites (N-methyl/N-ethyl adjacent to an activating group) is 1. The Bertz CT molecular complexity index is 571. The Labute approximate surface area is 138 Å². The summed E-state index contributed by atoms with van der Waals surface area (Å²) in [4.78, 5) is 25.6. The second-order valence-corrected chi connectivity index (χ2v) is 6.65. The van der Waals surface area contributed by atoms with Gasteiger partial charge in [0.05, 0.1) is 13.1 Å². The number of amides is 2. The first-order valence-electron chi connectivity index (χ1n) is 8.19. The number of benzene rings is 1. The number of rotatable bonds is 7. The molecule has 23 heavy (non-hydrogen) atoms. The van der Waals surface area contributed by atoms with E-state index in [4.69, 9.17) is 0 Å². The molecule has 0 unspecified atom stereocenters. The van der Waals surface area contributed by atoms with E-state index in [1.54, 1.807) is 7.05 Å². The third-order valence-electron chi connectivity index (χ3n) is 4.15. The minimum absolute atomic E-state index is 0.0573. The topological polar surface area (TPSA) is 61.4 Å². The van der Waals surface area contributed by atoms with Crippen molar-refractivity contribution in [2.24, 2.45) is 5.92 Å². The Hall–Kier alpha value is -1.88. The van der Waals surface area contributed by atoms with Crippen molar-refractivity contribution in [3.8, 4) is 0 Å². The first kappa shape index (κ1) is 17.5. The molecule has 0 radical (unpaired) electrons. The van der Waals surface area contributed by atoms with Gasteiger partial charge in [-0.05, 0) is 57.2 Å². The lowest BCUT2D eigenvalue weighted by atomic mass is 10.1. The van der Waals surface area contributed by atoms with Crippen LogP contribution in [0.4, 0.5) is 5.69 Å². The van der Waals surface area contributed by atoms with E-state index < -0.39 is 0 Å². The Morgan fingerprint density at radius 2 is 1.78 bits per heavy atom. The van der Waals surface area contributed by atoms with Crippen molar-refractivity contribution in [3.05, 3.63) is 28.8 Å². The highest BCUT2D eigenvalue weighted by atomic mass is 16.2. The predicted molar refractivity (Wildman–Crippen MR) is 92.5 cm³/mol. The average Bonchev–Trinajstić information content (AvgIpc) is 3.26. The maximum absolute atomic E-state index is 12.2. The molecule has 2 amide bonds. The molecular formula is C18H27N3O2. The molecule has 126 valence electrons. The van der Waals surface area contributed by atoms with Gasteiger partial charge in [0, 0.05) is 12.7 Å². The summed E-state index contributed by atoms with van der Waals surface area (Å²) in [5.74, 6) is 0.514. The molecule has 0 heterocycles. The van der Waals surface area contributed by atoms with Crippen LogP contribution in [0.2, 0.25) is 0 Å².